The third-order valence-electron chi connectivity index (χ3n) is 3.91. The molecule has 23 heavy (non-hydrogen) atoms. The molecule has 0 saturated carbocycles. The Morgan fingerprint density at radius 1 is 1.09 bits per heavy atom. The molecule has 0 unspecified atom stereocenters. The quantitative estimate of drug-likeness (QED) is 0.595. The van der Waals surface area contributed by atoms with Crippen LogP contribution in [0.3, 0.4) is 0 Å². The van der Waals surface area contributed by atoms with Crippen molar-refractivity contribution in [1.29, 1.82) is 0 Å². The molecule has 0 heterocycles. The number of hydrogen-bond donors (Lipinski definition) is 0. The molecule has 0 saturated heterocycles. The summed E-state index contributed by atoms with van der Waals surface area (Å²) in [5, 5.41) is 0. The number of ether oxygens (including phenoxy) is 1. The standard InChI is InChI=1S/C18H14BrFO3/c19-14-6-7-15(16(20)9-14)18(22)23-10-17(21)13-5-4-11-2-1-3-12(11)8-13/h4-9H,1-3,10H2. The molecule has 1 aliphatic carbocycles. The monoisotopic (exact) mass is 376 g/mol. The van der Waals surface area contributed by atoms with Crippen LogP contribution in [0.25, 0.3) is 0 Å². The van der Waals surface area contributed by atoms with Crippen LogP contribution in [0.4, 0.5) is 4.39 Å². The summed E-state index contributed by atoms with van der Waals surface area (Å²) in [6.07, 6.45) is 3.12. The van der Waals surface area contributed by atoms with Gasteiger partial charge < -0.3 is 4.74 Å². The van der Waals surface area contributed by atoms with Crippen LogP contribution >= 0.6 is 15.9 Å². The number of fused-ring (bicyclic) bond motifs is 1. The first-order chi connectivity index (χ1) is 11.0. The number of halogens is 2. The van der Waals surface area contributed by atoms with Crippen molar-refractivity contribution < 1.29 is 18.7 Å². The van der Waals surface area contributed by atoms with Gasteiger partial charge in [-0.15, -0.1) is 0 Å². The van der Waals surface area contributed by atoms with E-state index in [1.54, 1.807) is 12.1 Å². The maximum atomic E-state index is 13.7. The second kappa shape index (κ2) is 6.62. The molecule has 2 aromatic rings. The van der Waals surface area contributed by atoms with Crippen LogP contribution in [0.15, 0.2) is 40.9 Å². The predicted molar refractivity (Wildman–Crippen MR) is 87.2 cm³/mol. The van der Waals surface area contributed by atoms with Crippen LogP contribution in [-0.2, 0) is 17.6 Å². The molecule has 0 amide bonds. The maximum absolute atomic E-state index is 13.7. The van der Waals surface area contributed by atoms with Gasteiger partial charge in [-0.25, -0.2) is 9.18 Å². The van der Waals surface area contributed by atoms with Gasteiger partial charge >= 0.3 is 5.97 Å². The number of hydrogen-bond acceptors (Lipinski definition) is 3. The molecule has 0 radical (unpaired) electrons. The van der Waals surface area contributed by atoms with Crippen LogP contribution in [0.1, 0.15) is 38.3 Å². The van der Waals surface area contributed by atoms with Crippen molar-refractivity contribution in [2.24, 2.45) is 0 Å². The molecule has 0 aromatic heterocycles. The lowest BCUT2D eigenvalue weighted by atomic mass is 10.0. The molecule has 5 heteroatoms. The maximum Gasteiger partial charge on any atom is 0.341 e. The van der Waals surface area contributed by atoms with Gasteiger partial charge in [0.25, 0.3) is 0 Å². The third-order valence-corrected chi connectivity index (χ3v) is 4.40. The van der Waals surface area contributed by atoms with Crippen LogP contribution in [-0.4, -0.2) is 18.4 Å². The molecule has 3 rings (SSSR count). The van der Waals surface area contributed by atoms with Gasteiger partial charge in [-0.1, -0.05) is 28.1 Å². The zero-order valence-corrected chi connectivity index (χ0v) is 13.9. The summed E-state index contributed by atoms with van der Waals surface area (Å²) in [4.78, 5) is 24.0. The largest absolute Gasteiger partial charge is 0.454 e. The van der Waals surface area contributed by atoms with E-state index < -0.39 is 18.4 Å². The van der Waals surface area contributed by atoms with E-state index in [0.717, 1.165) is 19.3 Å². The van der Waals surface area contributed by atoms with E-state index in [1.165, 1.54) is 23.3 Å². The Kier molecular flexibility index (Phi) is 4.57. The van der Waals surface area contributed by atoms with Gasteiger partial charge in [0.05, 0.1) is 5.56 Å². The Morgan fingerprint density at radius 2 is 1.87 bits per heavy atom. The number of Topliss-reactive ketones (excluding diaryl/α,β-unsaturated/α-hetero) is 1. The van der Waals surface area contributed by atoms with Crippen LogP contribution in [0, 0.1) is 5.82 Å². The summed E-state index contributed by atoms with van der Waals surface area (Å²) >= 11 is 3.12. The number of rotatable bonds is 4. The highest BCUT2D eigenvalue weighted by atomic mass is 79.9. The molecule has 0 atom stereocenters. The SMILES string of the molecule is O=C(COC(=O)c1ccc(Br)cc1F)c1ccc2c(c1)CCC2. The van der Waals surface area contributed by atoms with Gasteiger partial charge in [0.15, 0.2) is 12.4 Å². The molecule has 0 spiro atoms. The average Bonchev–Trinajstić information content (AvgIpc) is 2.99. The van der Waals surface area contributed by atoms with Gasteiger partial charge in [0.1, 0.15) is 5.82 Å². The fraction of sp³-hybridized carbons (Fsp3) is 0.222. The fourth-order valence-electron chi connectivity index (χ4n) is 2.69. The Hall–Kier alpha value is -2.01. The second-order valence-corrected chi connectivity index (χ2v) is 6.38. The average molecular weight is 377 g/mol. The topological polar surface area (TPSA) is 43.4 Å². The smallest absolute Gasteiger partial charge is 0.341 e. The van der Waals surface area contributed by atoms with Crippen molar-refractivity contribution in [2.45, 2.75) is 19.3 Å². The third kappa shape index (κ3) is 3.50. The highest BCUT2D eigenvalue weighted by Gasteiger charge is 2.17. The van der Waals surface area contributed by atoms with Crippen LogP contribution in [0.5, 0.6) is 0 Å². The molecule has 118 valence electrons. The molecule has 0 fully saturated rings. The summed E-state index contributed by atoms with van der Waals surface area (Å²) in [6.45, 7) is -0.396. The number of carbonyl (C=O) groups is 2. The highest BCUT2D eigenvalue weighted by molar-refractivity contribution is 9.10. The van der Waals surface area contributed by atoms with E-state index in [-0.39, 0.29) is 11.3 Å². The molecular formula is C18H14BrFO3. The van der Waals surface area contributed by atoms with Gasteiger partial charge in [-0.3, -0.25) is 4.79 Å². The molecular weight excluding hydrogens is 363 g/mol. The minimum absolute atomic E-state index is 0.185. The first kappa shape index (κ1) is 15.9. The Balaban J connectivity index is 1.65. The van der Waals surface area contributed by atoms with E-state index in [4.69, 9.17) is 4.74 Å². The molecule has 2 aromatic carbocycles. The fourth-order valence-corrected chi connectivity index (χ4v) is 3.03. The van der Waals surface area contributed by atoms with Crippen molar-refractivity contribution in [3.8, 4) is 0 Å². The highest BCUT2D eigenvalue weighted by Crippen LogP contribution is 2.23. The van der Waals surface area contributed by atoms with Crippen molar-refractivity contribution in [3.63, 3.8) is 0 Å². The molecule has 1 aliphatic rings. The first-order valence-electron chi connectivity index (χ1n) is 7.32. The van der Waals surface area contributed by atoms with Gasteiger partial charge in [-0.2, -0.15) is 0 Å². The summed E-state index contributed by atoms with van der Waals surface area (Å²) in [5.41, 5.74) is 2.79. The van der Waals surface area contributed by atoms with Crippen LogP contribution < -0.4 is 0 Å². The van der Waals surface area contributed by atoms with Crippen molar-refractivity contribution in [2.75, 3.05) is 6.61 Å². The zero-order chi connectivity index (χ0) is 16.4. The second-order valence-electron chi connectivity index (χ2n) is 5.46. The van der Waals surface area contributed by atoms with E-state index in [0.29, 0.717) is 10.0 Å². The number of esters is 1. The summed E-state index contributed by atoms with van der Waals surface area (Å²) in [5.74, 6) is -1.82. The lowest BCUT2D eigenvalue weighted by Gasteiger charge is -2.07. The number of carbonyl (C=O) groups excluding carboxylic acids is 2. The van der Waals surface area contributed by atoms with E-state index >= 15 is 0 Å². The summed E-state index contributed by atoms with van der Waals surface area (Å²) in [7, 11) is 0. The Bertz CT molecular complexity index is 786. The minimum Gasteiger partial charge on any atom is -0.454 e. The predicted octanol–water partition coefficient (Wildman–Crippen LogP) is 4.12. The van der Waals surface area contributed by atoms with E-state index in [2.05, 4.69) is 15.9 Å². The van der Waals surface area contributed by atoms with Gasteiger partial charge in [0.2, 0.25) is 0 Å². The zero-order valence-electron chi connectivity index (χ0n) is 12.3. The summed E-state index contributed by atoms with van der Waals surface area (Å²) < 4.78 is 19.2. The normalized spacial score (nSPS) is 12.8. The Labute approximate surface area is 141 Å². The van der Waals surface area contributed by atoms with Crippen molar-refractivity contribution >= 4 is 27.7 Å². The molecule has 0 N–H and O–H groups in total. The Morgan fingerprint density at radius 3 is 2.65 bits per heavy atom. The first-order valence-corrected chi connectivity index (χ1v) is 8.11. The number of benzene rings is 2. The molecule has 3 nitrogen and oxygen atoms in total. The molecule has 0 aliphatic heterocycles. The van der Waals surface area contributed by atoms with Gasteiger partial charge in [0, 0.05) is 10.0 Å². The lowest BCUT2D eigenvalue weighted by molar-refractivity contribution is 0.0470. The summed E-state index contributed by atoms with van der Waals surface area (Å²) in [6, 6.07) is 9.60. The molecule has 0 bridgehead atoms. The van der Waals surface area contributed by atoms with E-state index in [1.807, 2.05) is 12.1 Å². The van der Waals surface area contributed by atoms with Gasteiger partial charge in [-0.05, 0) is 54.7 Å². The van der Waals surface area contributed by atoms with E-state index in [9.17, 15) is 14.0 Å². The number of ketones is 1. The van der Waals surface area contributed by atoms with Crippen molar-refractivity contribution in [1.82, 2.24) is 0 Å². The lowest BCUT2D eigenvalue weighted by Crippen LogP contribution is -2.15. The van der Waals surface area contributed by atoms with Crippen LogP contribution in [0.2, 0.25) is 0 Å². The minimum atomic E-state index is -0.843. The van der Waals surface area contributed by atoms with Crippen molar-refractivity contribution in [3.05, 3.63) is 68.9 Å². The number of aryl methyl sites for hydroxylation is 2.